The standard InChI is InChI=1S/C23H25N3O4/c1-28-17-6-4-16(5-7-17)23(27)26-10-8-15(9-11-26)22-18-12-20(29-2)21(30-3)13-19(18)24-14-25-22/h4-7,12-15H,8-11H2,1-3H3. The highest BCUT2D eigenvalue weighted by atomic mass is 16.5. The maximum atomic E-state index is 12.8. The number of hydrogen-bond donors (Lipinski definition) is 0. The van der Waals surface area contributed by atoms with Gasteiger partial charge in [0, 0.05) is 36.0 Å². The molecule has 1 fully saturated rings. The van der Waals surface area contributed by atoms with Crippen LogP contribution < -0.4 is 14.2 Å². The first kappa shape index (κ1) is 19.9. The average Bonchev–Trinajstić information content (AvgIpc) is 2.82. The zero-order valence-corrected chi connectivity index (χ0v) is 17.4. The second kappa shape index (κ2) is 8.57. The van der Waals surface area contributed by atoms with Crippen molar-refractivity contribution >= 4 is 16.8 Å². The largest absolute Gasteiger partial charge is 0.497 e. The zero-order chi connectivity index (χ0) is 21.1. The van der Waals surface area contributed by atoms with Gasteiger partial charge in [-0.15, -0.1) is 0 Å². The van der Waals surface area contributed by atoms with E-state index in [-0.39, 0.29) is 11.8 Å². The molecule has 2 aromatic carbocycles. The Morgan fingerprint density at radius 3 is 2.23 bits per heavy atom. The van der Waals surface area contributed by atoms with E-state index in [0.717, 1.165) is 35.2 Å². The maximum absolute atomic E-state index is 12.8. The average molecular weight is 407 g/mol. The molecule has 2 heterocycles. The fourth-order valence-corrected chi connectivity index (χ4v) is 4.00. The summed E-state index contributed by atoms with van der Waals surface area (Å²) in [6, 6.07) is 11.1. The van der Waals surface area contributed by atoms with Crippen LogP contribution in [-0.4, -0.2) is 55.2 Å². The van der Waals surface area contributed by atoms with Crippen LogP contribution in [0.2, 0.25) is 0 Å². The maximum Gasteiger partial charge on any atom is 0.253 e. The number of ether oxygens (including phenoxy) is 3. The van der Waals surface area contributed by atoms with Crippen molar-refractivity contribution in [3.63, 3.8) is 0 Å². The molecule has 1 amide bonds. The number of carbonyl (C=O) groups excluding carboxylic acids is 1. The van der Waals surface area contributed by atoms with Gasteiger partial charge in [-0.25, -0.2) is 9.97 Å². The lowest BCUT2D eigenvalue weighted by Gasteiger charge is -2.32. The summed E-state index contributed by atoms with van der Waals surface area (Å²) in [7, 11) is 4.85. The number of amides is 1. The quantitative estimate of drug-likeness (QED) is 0.642. The minimum Gasteiger partial charge on any atom is -0.497 e. The van der Waals surface area contributed by atoms with Crippen LogP contribution in [0.4, 0.5) is 0 Å². The molecule has 0 saturated carbocycles. The Kier molecular flexibility index (Phi) is 5.70. The number of fused-ring (bicyclic) bond motifs is 1. The Bertz CT molecular complexity index is 1040. The summed E-state index contributed by atoms with van der Waals surface area (Å²) in [4.78, 5) is 23.7. The molecule has 7 nitrogen and oxygen atoms in total. The Morgan fingerprint density at radius 2 is 1.60 bits per heavy atom. The number of benzene rings is 2. The zero-order valence-electron chi connectivity index (χ0n) is 17.4. The van der Waals surface area contributed by atoms with Gasteiger partial charge in [-0.3, -0.25) is 4.79 Å². The SMILES string of the molecule is COc1ccc(C(=O)N2CCC(c3ncnc4cc(OC)c(OC)cc34)CC2)cc1. The molecular formula is C23H25N3O4. The molecule has 30 heavy (non-hydrogen) atoms. The third-order valence-corrected chi connectivity index (χ3v) is 5.68. The molecule has 156 valence electrons. The molecule has 0 N–H and O–H groups in total. The van der Waals surface area contributed by atoms with E-state index < -0.39 is 0 Å². The molecule has 0 atom stereocenters. The lowest BCUT2D eigenvalue weighted by atomic mass is 9.90. The molecule has 0 spiro atoms. The number of nitrogens with zero attached hydrogens (tertiary/aromatic N) is 3. The first-order valence-electron chi connectivity index (χ1n) is 9.94. The van der Waals surface area contributed by atoms with Gasteiger partial charge in [0.15, 0.2) is 11.5 Å². The van der Waals surface area contributed by atoms with Crippen LogP contribution in [0.5, 0.6) is 17.2 Å². The number of rotatable bonds is 5. The molecule has 1 saturated heterocycles. The molecule has 1 aliphatic heterocycles. The van der Waals surface area contributed by atoms with Gasteiger partial charge in [-0.1, -0.05) is 0 Å². The Labute approximate surface area is 175 Å². The third-order valence-electron chi connectivity index (χ3n) is 5.68. The first-order chi connectivity index (χ1) is 14.6. The van der Waals surface area contributed by atoms with Crippen LogP contribution in [-0.2, 0) is 0 Å². The minimum absolute atomic E-state index is 0.0510. The highest BCUT2D eigenvalue weighted by Gasteiger charge is 2.27. The molecule has 1 aromatic heterocycles. The van der Waals surface area contributed by atoms with E-state index in [9.17, 15) is 4.79 Å². The van der Waals surface area contributed by atoms with E-state index >= 15 is 0 Å². The van der Waals surface area contributed by atoms with Gasteiger partial charge in [0.2, 0.25) is 0 Å². The summed E-state index contributed by atoms with van der Waals surface area (Å²) in [6.07, 6.45) is 3.29. The second-order valence-electron chi connectivity index (χ2n) is 7.28. The second-order valence-corrected chi connectivity index (χ2v) is 7.28. The summed E-state index contributed by atoms with van der Waals surface area (Å²) >= 11 is 0. The Morgan fingerprint density at radius 1 is 0.933 bits per heavy atom. The topological polar surface area (TPSA) is 73.8 Å². The van der Waals surface area contributed by atoms with Crippen LogP contribution in [0, 0.1) is 0 Å². The lowest BCUT2D eigenvalue weighted by molar-refractivity contribution is 0.0712. The third kappa shape index (κ3) is 3.75. The summed E-state index contributed by atoms with van der Waals surface area (Å²) in [5.41, 5.74) is 2.51. The highest BCUT2D eigenvalue weighted by Crippen LogP contribution is 2.36. The van der Waals surface area contributed by atoms with Crippen molar-refractivity contribution in [1.29, 1.82) is 0 Å². The van der Waals surface area contributed by atoms with Gasteiger partial charge >= 0.3 is 0 Å². The van der Waals surface area contributed by atoms with Crippen molar-refractivity contribution in [1.82, 2.24) is 14.9 Å². The van der Waals surface area contributed by atoms with Crippen LogP contribution in [0.3, 0.4) is 0 Å². The van der Waals surface area contributed by atoms with Crippen LogP contribution in [0.15, 0.2) is 42.7 Å². The molecule has 0 radical (unpaired) electrons. The number of carbonyl (C=O) groups is 1. The normalized spacial score (nSPS) is 14.6. The monoisotopic (exact) mass is 407 g/mol. The Balaban J connectivity index is 1.52. The Hall–Kier alpha value is -3.35. The fraction of sp³-hybridized carbons (Fsp3) is 0.348. The van der Waals surface area contributed by atoms with Gasteiger partial charge in [0.25, 0.3) is 5.91 Å². The van der Waals surface area contributed by atoms with Crippen LogP contribution in [0.25, 0.3) is 10.9 Å². The summed E-state index contributed by atoms with van der Waals surface area (Å²) in [5.74, 6) is 2.36. The molecule has 0 aliphatic carbocycles. The predicted octanol–water partition coefficient (Wildman–Crippen LogP) is 3.68. The molecule has 1 aliphatic rings. The van der Waals surface area contributed by atoms with Crippen LogP contribution >= 0.6 is 0 Å². The van der Waals surface area contributed by atoms with E-state index in [1.807, 2.05) is 41.3 Å². The smallest absolute Gasteiger partial charge is 0.253 e. The van der Waals surface area contributed by atoms with Crippen molar-refractivity contribution in [3.05, 3.63) is 54.0 Å². The summed E-state index contributed by atoms with van der Waals surface area (Å²) < 4.78 is 16.0. The van der Waals surface area contributed by atoms with Crippen molar-refractivity contribution in [2.45, 2.75) is 18.8 Å². The van der Waals surface area contributed by atoms with Gasteiger partial charge in [-0.2, -0.15) is 0 Å². The number of likely N-dealkylation sites (tertiary alicyclic amines) is 1. The first-order valence-corrected chi connectivity index (χ1v) is 9.94. The lowest BCUT2D eigenvalue weighted by Crippen LogP contribution is -2.38. The van der Waals surface area contributed by atoms with Crippen molar-refractivity contribution < 1.29 is 19.0 Å². The van der Waals surface area contributed by atoms with Gasteiger partial charge in [0.05, 0.1) is 32.5 Å². The van der Waals surface area contributed by atoms with Gasteiger partial charge in [-0.05, 0) is 43.2 Å². The van der Waals surface area contributed by atoms with E-state index in [4.69, 9.17) is 14.2 Å². The number of methoxy groups -OCH3 is 3. The molecular weight excluding hydrogens is 382 g/mol. The molecule has 0 unspecified atom stereocenters. The van der Waals surface area contributed by atoms with Gasteiger partial charge < -0.3 is 19.1 Å². The van der Waals surface area contributed by atoms with E-state index in [1.54, 1.807) is 27.7 Å². The number of piperidine rings is 1. The number of hydrogen-bond acceptors (Lipinski definition) is 6. The minimum atomic E-state index is 0.0510. The molecule has 7 heteroatoms. The van der Waals surface area contributed by atoms with Crippen molar-refractivity contribution in [2.24, 2.45) is 0 Å². The van der Waals surface area contributed by atoms with E-state index in [1.165, 1.54) is 0 Å². The van der Waals surface area contributed by atoms with E-state index in [2.05, 4.69) is 9.97 Å². The van der Waals surface area contributed by atoms with E-state index in [0.29, 0.717) is 30.2 Å². The fourth-order valence-electron chi connectivity index (χ4n) is 4.00. The van der Waals surface area contributed by atoms with Crippen molar-refractivity contribution in [3.8, 4) is 17.2 Å². The van der Waals surface area contributed by atoms with Crippen LogP contribution in [0.1, 0.15) is 34.8 Å². The molecule has 0 bridgehead atoms. The predicted molar refractivity (Wildman–Crippen MR) is 114 cm³/mol. The number of aromatic nitrogens is 2. The highest BCUT2D eigenvalue weighted by molar-refractivity contribution is 5.94. The summed E-state index contributed by atoms with van der Waals surface area (Å²) in [6.45, 7) is 1.38. The summed E-state index contributed by atoms with van der Waals surface area (Å²) in [5, 5.41) is 0.968. The van der Waals surface area contributed by atoms with Crippen molar-refractivity contribution in [2.75, 3.05) is 34.4 Å². The van der Waals surface area contributed by atoms with Gasteiger partial charge in [0.1, 0.15) is 12.1 Å². The molecule has 4 rings (SSSR count). The molecule has 3 aromatic rings.